The molecule has 24 heavy (non-hydrogen) atoms. The predicted octanol–water partition coefficient (Wildman–Crippen LogP) is 4.06. The molecule has 3 rings (SSSR count). The van der Waals surface area contributed by atoms with Crippen molar-refractivity contribution in [1.29, 1.82) is 0 Å². The van der Waals surface area contributed by atoms with Crippen molar-refractivity contribution in [3.8, 4) is 0 Å². The zero-order valence-corrected chi connectivity index (χ0v) is 15.2. The third kappa shape index (κ3) is 4.80. The first-order chi connectivity index (χ1) is 11.7. The van der Waals surface area contributed by atoms with Crippen molar-refractivity contribution >= 4 is 28.6 Å². The molecule has 1 amide bonds. The zero-order valence-electron chi connectivity index (χ0n) is 13.6. The van der Waals surface area contributed by atoms with Crippen LogP contribution in [0.4, 0.5) is 0 Å². The van der Waals surface area contributed by atoms with Gasteiger partial charge in [0.15, 0.2) is 0 Å². The van der Waals surface area contributed by atoms with Crippen molar-refractivity contribution in [1.82, 2.24) is 9.80 Å². The van der Waals surface area contributed by atoms with Crippen LogP contribution in [0.25, 0.3) is 0 Å². The second-order valence-electron chi connectivity index (χ2n) is 5.63. The Kier molecular flexibility index (Phi) is 5.85. The Bertz CT molecular complexity index is 685. The lowest BCUT2D eigenvalue weighted by Crippen LogP contribution is -2.37. The van der Waals surface area contributed by atoms with Crippen molar-refractivity contribution < 1.29 is 9.21 Å². The summed E-state index contributed by atoms with van der Waals surface area (Å²) in [4.78, 5) is 18.9. The van der Waals surface area contributed by atoms with Crippen LogP contribution < -0.4 is 0 Å². The average molecular weight is 361 g/mol. The number of hydrogen-bond donors (Lipinski definition) is 0. The van der Waals surface area contributed by atoms with Gasteiger partial charge in [0.1, 0.15) is 5.76 Å². The molecule has 0 radical (unpaired) electrons. The van der Waals surface area contributed by atoms with Gasteiger partial charge in [-0.1, -0.05) is 12.1 Å². The fraction of sp³-hybridized carbons (Fsp3) is 0.278. The predicted molar refractivity (Wildman–Crippen MR) is 97.9 cm³/mol. The van der Waals surface area contributed by atoms with Crippen molar-refractivity contribution in [3.05, 3.63) is 68.9 Å². The van der Waals surface area contributed by atoms with Crippen LogP contribution in [0, 0.1) is 0 Å². The molecule has 126 valence electrons. The molecule has 0 aliphatic heterocycles. The molecule has 0 aliphatic rings. The highest BCUT2D eigenvalue weighted by Crippen LogP contribution is 2.16. The van der Waals surface area contributed by atoms with E-state index in [0.717, 1.165) is 12.3 Å². The van der Waals surface area contributed by atoms with Crippen LogP contribution in [0.2, 0.25) is 0 Å². The van der Waals surface area contributed by atoms with Crippen LogP contribution in [-0.2, 0) is 24.4 Å². The van der Waals surface area contributed by atoms with E-state index in [2.05, 4.69) is 22.4 Å². The van der Waals surface area contributed by atoms with E-state index in [1.165, 1.54) is 9.75 Å². The molecule has 0 N–H and O–H groups in total. The molecule has 6 heteroatoms. The number of likely N-dealkylation sites (N-methyl/N-ethyl adjacent to an activating group) is 1. The van der Waals surface area contributed by atoms with Crippen LogP contribution in [0.5, 0.6) is 0 Å². The first-order valence-electron chi connectivity index (χ1n) is 7.74. The van der Waals surface area contributed by atoms with Gasteiger partial charge in [-0.2, -0.15) is 0 Å². The van der Waals surface area contributed by atoms with Gasteiger partial charge in [0.05, 0.1) is 25.9 Å². The molecular formula is C18H20N2O2S2. The minimum absolute atomic E-state index is 0.117. The maximum absolute atomic E-state index is 12.6. The Labute approximate surface area is 149 Å². The first-order valence-corrected chi connectivity index (χ1v) is 9.50. The monoisotopic (exact) mass is 360 g/mol. The molecule has 0 spiro atoms. The largest absolute Gasteiger partial charge is 0.468 e. The maximum atomic E-state index is 12.6. The molecular weight excluding hydrogens is 340 g/mol. The van der Waals surface area contributed by atoms with Crippen LogP contribution in [0.3, 0.4) is 0 Å². The molecule has 0 aliphatic carbocycles. The highest BCUT2D eigenvalue weighted by atomic mass is 32.1. The lowest BCUT2D eigenvalue weighted by molar-refractivity contribution is -0.131. The topological polar surface area (TPSA) is 36.7 Å². The molecule has 3 aromatic heterocycles. The normalized spacial score (nSPS) is 11.1. The smallest absolute Gasteiger partial charge is 0.236 e. The summed E-state index contributed by atoms with van der Waals surface area (Å²) in [5.41, 5.74) is 0. The average Bonchev–Trinajstić information content (AvgIpc) is 3.30. The van der Waals surface area contributed by atoms with Gasteiger partial charge in [-0.05, 0) is 35.0 Å². The SMILES string of the molecule is CN(Cc1cccs1)C(=O)CN(Cc1ccco1)Cc1cccs1. The first kappa shape index (κ1) is 17.0. The maximum Gasteiger partial charge on any atom is 0.236 e. The summed E-state index contributed by atoms with van der Waals surface area (Å²) in [5, 5.41) is 4.10. The van der Waals surface area contributed by atoms with Gasteiger partial charge in [0.2, 0.25) is 5.91 Å². The lowest BCUT2D eigenvalue weighted by atomic mass is 10.3. The van der Waals surface area contributed by atoms with Gasteiger partial charge in [0, 0.05) is 23.3 Å². The summed E-state index contributed by atoms with van der Waals surface area (Å²) in [5.74, 6) is 0.992. The molecule has 0 saturated heterocycles. The minimum Gasteiger partial charge on any atom is -0.468 e. The van der Waals surface area contributed by atoms with Crippen molar-refractivity contribution in [2.45, 2.75) is 19.6 Å². The quantitative estimate of drug-likeness (QED) is 0.608. The van der Waals surface area contributed by atoms with E-state index in [4.69, 9.17) is 4.42 Å². The van der Waals surface area contributed by atoms with E-state index in [0.29, 0.717) is 19.6 Å². The van der Waals surface area contributed by atoms with E-state index in [9.17, 15) is 4.79 Å². The number of carbonyl (C=O) groups excluding carboxylic acids is 1. The highest BCUT2D eigenvalue weighted by Gasteiger charge is 2.17. The standard InChI is InChI=1S/C18H20N2O2S2/c1-19(12-16-6-3-9-23-16)18(21)14-20(11-15-5-2-8-22-15)13-17-7-4-10-24-17/h2-10H,11-14H2,1H3. The minimum atomic E-state index is 0.117. The lowest BCUT2D eigenvalue weighted by Gasteiger charge is -2.24. The Morgan fingerprint density at radius 2 is 1.71 bits per heavy atom. The number of thiophene rings is 2. The van der Waals surface area contributed by atoms with E-state index >= 15 is 0 Å². The number of carbonyl (C=O) groups is 1. The van der Waals surface area contributed by atoms with E-state index < -0.39 is 0 Å². The molecule has 0 saturated carbocycles. The Morgan fingerprint density at radius 3 is 2.29 bits per heavy atom. The number of rotatable bonds is 8. The van der Waals surface area contributed by atoms with Crippen LogP contribution in [0.1, 0.15) is 15.5 Å². The molecule has 3 heterocycles. The summed E-state index contributed by atoms with van der Waals surface area (Å²) >= 11 is 3.38. The van der Waals surface area contributed by atoms with Gasteiger partial charge in [-0.3, -0.25) is 9.69 Å². The zero-order chi connectivity index (χ0) is 16.8. The van der Waals surface area contributed by atoms with E-state index in [-0.39, 0.29) is 5.91 Å². The summed E-state index contributed by atoms with van der Waals surface area (Å²) in [6.07, 6.45) is 1.67. The van der Waals surface area contributed by atoms with Crippen LogP contribution in [-0.4, -0.2) is 29.3 Å². The second kappa shape index (κ2) is 8.28. The molecule has 0 aromatic carbocycles. The number of hydrogen-bond acceptors (Lipinski definition) is 5. The van der Waals surface area contributed by atoms with Gasteiger partial charge < -0.3 is 9.32 Å². The summed E-state index contributed by atoms with van der Waals surface area (Å²) in [6.45, 7) is 2.41. The molecule has 0 fully saturated rings. The fourth-order valence-corrected chi connectivity index (χ4v) is 3.95. The Balaban J connectivity index is 1.62. The fourth-order valence-electron chi connectivity index (χ4n) is 2.45. The highest BCUT2D eigenvalue weighted by molar-refractivity contribution is 7.10. The van der Waals surface area contributed by atoms with E-state index in [1.54, 1.807) is 33.8 Å². The van der Waals surface area contributed by atoms with Crippen LogP contribution >= 0.6 is 22.7 Å². The Hall–Kier alpha value is -1.89. The molecule has 4 nitrogen and oxygen atoms in total. The molecule has 0 unspecified atom stereocenters. The second-order valence-corrected chi connectivity index (χ2v) is 7.70. The molecule has 0 bridgehead atoms. The van der Waals surface area contributed by atoms with Gasteiger partial charge >= 0.3 is 0 Å². The molecule has 0 atom stereocenters. The molecule has 3 aromatic rings. The summed E-state index contributed by atoms with van der Waals surface area (Å²) < 4.78 is 5.45. The Morgan fingerprint density at radius 1 is 1.00 bits per heavy atom. The number of furan rings is 1. The van der Waals surface area contributed by atoms with E-state index in [1.807, 2.05) is 36.7 Å². The van der Waals surface area contributed by atoms with Crippen LogP contribution in [0.15, 0.2) is 57.8 Å². The third-order valence-electron chi connectivity index (χ3n) is 3.68. The van der Waals surface area contributed by atoms with Crippen molar-refractivity contribution in [2.24, 2.45) is 0 Å². The third-order valence-corrected chi connectivity index (χ3v) is 5.40. The number of nitrogens with zero attached hydrogens (tertiary/aromatic N) is 2. The summed E-state index contributed by atoms with van der Waals surface area (Å²) in [6, 6.07) is 12.0. The van der Waals surface area contributed by atoms with Crippen molar-refractivity contribution in [3.63, 3.8) is 0 Å². The van der Waals surface area contributed by atoms with Gasteiger partial charge in [-0.25, -0.2) is 0 Å². The summed E-state index contributed by atoms with van der Waals surface area (Å²) in [7, 11) is 1.86. The van der Waals surface area contributed by atoms with Gasteiger partial charge in [-0.15, -0.1) is 22.7 Å². The van der Waals surface area contributed by atoms with Crippen molar-refractivity contribution in [2.75, 3.05) is 13.6 Å². The van der Waals surface area contributed by atoms with Gasteiger partial charge in [0.25, 0.3) is 0 Å². The number of amides is 1.